The minimum absolute atomic E-state index is 0.0772. The molecule has 2 N–H and O–H groups in total. The third-order valence-corrected chi connectivity index (χ3v) is 3.41. The van der Waals surface area contributed by atoms with Crippen molar-refractivity contribution in [3.8, 4) is 0 Å². The number of rotatable bonds is 4. The molecule has 0 aromatic carbocycles. The highest BCUT2D eigenvalue weighted by Gasteiger charge is 2.27. The predicted molar refractivity (Wildman–Crippen MR) is 67.8 cm³/mol. The highest BCUT2D eigenvalue weighted by atomic mass is 32.1. The van der Waals surface area contributed by atoms with Crippen LogP contribution in [0.4, 0.5) is 0 Å². The third-order valence-electron chi connectivity index (χ3n) is 3.04. The van der Waals surface area contributed by atoms with Gasteiger partial charge in [0, 0.05) is 32.4 Å². The fraction of sp³-hybridized carbons (Fsp3) is 0.818. The van der Waals surface area contributed by atoms with Crippen LogP contribution in [0.25, 0.3) is 0 Å². The fourth-order valence-corrected chi connectivity index (χ4v) is 2.23. The molecule has 1 saturated heterocycles. The molecular formula is C11H20N2O3S. The molecule has 1 unspecified atom stereocenters. The SMILES string of the molecule is CC(=O)NC(CS)C(=O)N1CCC(CO)CC1. The van der Waals surface area contributed by atoms with E-state index in [1.807, 2.05) is 0 Å². The Morgan fingerprint density at radius 1 is 1.47 bits per heavy atom. The summed E-state index contributed by atoms with van der Waals surface area (Å²) in [7, 11) is 0. The molecule has 0 saturated carbocycles. The van der Waals surface area contributed by atoms with E-state index in [1.54, 1.807) is 4.90 Å². The van der Waals surface area contributed by atoms with Crippen LogP contribution >= 0.6 is 12.6 Å². The van der Waals surface area contributed by atoms with Crippen molar-refractivity contribution in [1.82, 2.24) is 10.2 Å². The molecule has 0 aromatic rings. The van der Waals surface area contributed by atoms with Crippen molar-refractivity contribution in [2.24, 2.45) is 5.92 Å². The minimum Gasteiger partial charge on any atom is -0.396 e. The number of carbonyl (C=O) groups is 2. The van der Waals surface area contributed by atoms with Gasteiger partial charge in [-0.25, -0.2) is 0 Å². The second-order valence-electron chi connectivity index (χ2n) is 4.39. The topological polar surface area (TPSA) is 69.6 Å². The Kier molecular flexibility index (Phi) is 5.77. The van der Waals surface area contributed by atoms with Crippen molar-refractivity contribution in [2.75, 3.05) is 25.4 Å². The van der Waals surface area contributed by atoms with Crippen LogP contribution in [0.1, 0.15) is 19.8 Å². The van der Waals surface area contributed by atoms with Crippen LogP contribution in [0.3, 0.4) is 0 Å². The Bertz CT molecular complexity index is 278. The molecule has 1 rings (SSSR count). The second-order valence-corrected chi connectivity index (χ2v) is 4.75. The Morgan fingerprint density at radius 2 is 2.06 bits per heavy atom. The lowest BCUT2D eigenvalue weighted by Gasteiger charge is -2.33. The Labute approximate surface area is 107 Å². The third kappa shape index (κ3) is 4.20. The normalized spacial score (nSPS) is 18.9. The van der Waals surface area contributed by atoms with E-state index in [9.17, 15) is 9.59 Å². The van der Waals surface area contributed by atoms with Crippen molar-refractivity contribution >= 4 is 24.4 Å². The number of piperidine rings is 1. The summed E-state index contributed by atoms with van der Waals surface area (Å²) in [6, 6.07) is -0.540. The van der Waals surface area contributed by atoms with Gasteiger partial charge < -0.3 is 15.3 Å². The zero-order valence-corrected chi connectivity index (χ0v) is 10.9. The van der Waals surface area contributed by atoms with Gasteiger partial charge in [-0.1, -0.05) is 0 Å². The molecule has 1 aliphatic heterocycles. The van der Waals surface area contributed by atoms with Gasteiger partial charge in [0.05, 0.1) is 0 Å². The van der Waals surface area contributed by atoms with E-state index in [-0.39, 0.29) is 18.4 Å². The number of nitrogens with zero attached hydrogens (tertiary/aromatic N) is 1. The molecule has 1 fully saturated rings. The maximum atomic E-state index is 12.1. The van der Waals surface area contributed by atoms with Crippen LogP contribution in [0.15, 0.2) is 0 Å². The van der Waals surface area contributed by atoms with Gasteiger partial charge in [0.1, 0.15) is 6.04 Å². The Morgan fingerprint density at radius 3 is 2.47 bits per heavy atom. The van der Waals surface area contributed by atoms with Crippen molar-refractivity contribution in [3.05, 3.63) is 0 Å². The van der Waals surface area contributed by atoms with Gasteiger partial charge in [0.15, 0.2) is 0 Å². The van der Waals surface area contributed by atoms with Gasteiger partial charge in [0.2, 0.25) is 11.8 Å². The molecule has 6 heteroatoms. The average molecular weight is 260 g/mol. The van der Waals surface area contributed by atoms with Crippen LogP contribution in [0.2, 0.25) is 0 Å². The van der Waals surface area contributed by atoms with Crippen molar-refractivity contribution in [2.45, 2.75) is 25.8 Å². The van der Waals surface area contributed by atoms with Crippen molar-refractivity contribution in [3.63, 3.8) is 0 Å². The van der Waals surface area contributed by atoms with E-state index < -0.39 is 6.04 Å². The lowest BCUT2D eigenvalue weighted by molar-refractivity contribution is -0.136. The molecular weight excluding hydrogens is 240 g/mol. The Balaban J connectivity index is 2.48. The first-order valence-corrected chi connectivity index (χ1v) is 6.49. The van der Waals surface area contributed by atoms with Gasteiger partial charge in [-0.15, -0.1) is 0 Å². The molecule has 1 heterocycles. The summed E-state index contributed by atoms with van der Waals surface area (Å²) in [5, 5.41) is 11.6. The first-order valence-electron chi connectivity index (χ1n) is 5.86. The number of aliphatic hydroxyl groups excluding tert-OH is 1. The lowest BCUT2D eigenvalue weighted by atomic mass is 9.97. The van der Waals surface area contributed by atoms with Gasteiger partial charge in [0.25, 0.3) is 0 Å². The molecule has 0 aliphatic carbocycles. The van der Waals surface area contributed by atoms with E-state index in [0.717, 1.165) is 12.8 Å². The minimum atomic E-state index is -0.540. The molecule has 0 radical (unpaired) electrons. The number of thiol groups is 1. The number of hydrogen-bond donors (Lipinski definition) is 3. The molecule has 98 valence electrons. The predicted octanol–water partition coefficient (Wildman–Crippen LogP) is -0.348. The monoisotopic (exact) mass is 260 g/mol. The standard InChI is InChI=1S/C11H20N2O3S/c1-8(15)12-10(7-17)11(16)13-4-2-9(6-14)3-5-13/h9-10,14,17H,2-7H2,1H3,(H,12,15). The molecule has 0 spiro atoms. The van der Waals surface area contributed by atoms with E-state index in [0.29, 0.717) is 24.8 Å². The van der Waals surface area contributed by atoms with E-state index >= 15 is 0 Å². The summed E-state index contributed by atoms with van der Waals surface area (Å²) in [4.78, 5) is 24.7. The summed E-state index contributed by atoms with van der Waals surface area (Å²) in [6.07, 6.45) is 1.64. The molecule has 17 heavy (non-hydrogen) atoms. The van der Waals surface area contributed by atoms with Crippen LogP contribution in [-0.4, -0.2) is 53.3 Å². The van der Waals surface area contributed by atoms with E-state index in [4.69, 9.17) is 5.11 Å². The highest BCUT2D eigenvalue weighted by molar-refractivity contribution is 7.80. The van der Waals surface area contributed by atoms with Crippen LogP contribution in [0.5, 0.6) is 0 Å². The molecule has 1 aliphatic rings. The highest BCUT2D eigenvalue weighted by Crippen LogP contribution is 2.17. The summed E-state index contributed by atoms with van der Waals surface area (Å²) in [6.45, 7) is 2.87. The molecule has 2 amide bonds. The maximum absolute atomic E-state index is 12.1. The Hall–Kier alpha value is -0.750. The van der Waals surface area contributed by atoms with E-state index in [2.05, 4.69) is 17.9 Å². The average Bonchev–Trinajstić information content (AvgIpc) is 2.35. The number of aliphatic hydroxyl groups is 1. The van der Waals surface area contributed by atoms with Crippen LogP contribution in [0, 0.1) is 5.92 Å². The number of nitrogens with one attached hydrogen (secondary N) is 1. The molecule has 0 bridgehead atoms. The van der Waals surface area contributed by atoms with Gasteiger partial charge in [-0.05, 0) is 18.8 Å². The number of carbonyl (C=O) groups excluding carboxylic acids is 2. The van der Waals surface area contributed by atoms with Crippen molar-refractivity contribution in [1.29, 1.82) is 0 Å². The molecule has 1 atom stereocenters. The molecule has 5 nitrogen and oxygen atoms in total. The van der Waals surface area contributed by atoms with Gasteiger partial charge >= 0.3 is 0 Å². The first kappa shape index (κ1) is 14.3. The number of amides is 2. The lowest BCUT2D eigenvalue weighted by Crippen LogP contribution is -2.51. The zero-order chi connectivity index (χ0) is 12.8. The van der Waals surface area contributed by atoms with Crippen LogP contribution in [-0.2, 0) is 9.59 Å². The summed E-state index contributed by atoms with van der Waals surface area (Å²) < 4.78 is 0. The number of likely N-dealkylation sites (tertiary alicyclic amines) is 1. The maximum Gasteiger partial charge on any atom is 0.245 e. The summed E-state index contributed by atoms with van der Waals surface area (Å²) in [5.74, 6) is 0.307. The van der Waals surface area contributed by atoms with Crippen LogP contribution < -0.4 is 5.32 Å². The zero-order valence-electron chi connectivity index (χ0n) is 10.1. The quantitative estimate of drug-likeness (QED) is 0.605. The first-order chi connectivity index (χ1) is 8.08. The fourth-order valence-electron chi connectivity index (χ4n) is 1.99. The van der Waals surface area contributed by atoms with E-state index in [1.165, 1.54) is 6.92 Å². The summed E-state index contributed by atoms with van der Waals surface area (Å²) >= 11 is 4.08. The molecule has 0 aromatic heterocycles. The summed E-state index contributed by atoms with van der Waals surface area (Å²) in [5.41, 5.74) is 0. The van der Waals surface area contributed by atoms with Gasteiger partial charge in [-0.3, -0.25) is 9.59 Å². The second kappa shape index (κ2) is 6.86. The van der Waals surface area contributed by atoms with Gasteiger partial charge in [-0.2, -0.15) is 12.6 Å². The number of hydrogen-bond acceptors (Lipinski definition) is 4. The smallest absolute Gasteiger partial charge is 0.245 e. The largest absolute Gasteiger partial charge is 0.396 e. The van der Waals surface area contributed by atoms with Crippen molar-refractivity contribution < 1.29 is 14.7 Å².